The van der Waals surface area contributed by atoms with Crippen LogP contribution in [-0.4, -0.2) is 51.7 Å². The summed E-state index contributed by atoms with van der Waals surface area (Å²) in [6.07, 6.45) is 2.73. The normalized spacial score (nSPS) is 35.8. The van der Waals surface area contributed by atoms with Crippen molar-refractivity contribution in [3.8, 4) is 11.5 Å². The molecule has 1 aromatic carbocycles. The minimum Gasteiger partial charge on any atom is -0.504 e. The van der Waals surface area contributed by atoms with Crippen molar-refractivity contribution in [3.63, 3.8) is 0 Å². The molecule has 1 saturated heterocycles. The summed E-state index contributed by atoms with van der Waals surface area (Å²) in [5.41, 5.74) is -0.0248. The molecule has 2 heterocycles. The lowest BCUT2D eigenvalue weighted by Gasteiger charge is -2.59. The number of aromatic hydroxyl groups is 1. The molecule has 2 bridgehead atoms. The van der Waals surface area contributed by atoms with Gasteiger partial charge in [-0.15, -0.1) is 6.58 Å². The van der Waals surface area contributed by atoms with Crippen LogP contribution in [0, 0.1) is 0 Å². The molecule has 4 atom stereocenters. The van der Waals surface area contributed by atoms with Crippen LogP contribution in [0.1, 0.15) is 37.8 Å². The zero-order valence-corrected chi connectivity index (χ0v) is 14.8. The molecule has 5 heteroatoms. The van der Waals surface area contributed by atoms with Gasteiger partial charge in [-0.05, 0) is 31.4 Å². The van der Waals surface area contributed by atoms with Crippen LogP contribution in [0.2, 0.25) is 0 Å². The molecule has 1 unspecified atom stereocenters. The molecule has 0 radical (unpaired) electrons. The van der Waals surface area contributed by atoms with Crippen LogP contribution in [0.5, 0.6) is 11.5 Å². The number of hydrogen-bond acceptors (Lipinski definition) is 5. The molecule has 1 aromatic rings. The fourth-order valence-corrected chi connectivity index (χ4v) is 5.34. The van der Waals surface area contributed by atoms with Gasteiger partial charge in [0.2, 0.25) is 0 Å². The maximum atomic E-state index is 12.7. The van der Waals surface area contributed by atoms with E-state index in [0.717, 1.165) is 17.7 Å². The first-order valence-electron chi connectivity index (χ1n) is 9.00. The maximum absolute atomic E-state index is 12.7. The monoisotopic (exact) mass is 343 g/mol. The molecule has 5 nitrogen and oxygen atoms in total. The van der Waals surface area contributed by atoms with Crippen molar-refractivity contribution < 1.29 is 19.7 Å². The highest BCUT2D eigenvalue weighted by Crippen LogP contribution is 2.61. The quantitative estimate of drug-likeness (QED) is 0.818. The van der Waals surface area contributed by atoms with Crippen LogP contribution < -0.4 is 4.74 Å². The Balaban J connectivity index is 1.97. The molecule has 4 rings (SSSR count). The predicted octanol–water partition coefficient (Wildman–Crippen LogP) is 1.94. The van der Waals surface area contributed by atoms with Gasteiger partial charge in [-0.25, -0.2) is 0 Å². The fourth-order valence-electron chi connectivity index (χ4n) is 5.34. The van der Waals surface area contributed by atoms with Gasteiger partial charge in [0.15, 0.2) is 23.4 Å². The molecule has 0 saturated carbocycles. The highest BCUT2D eigenvalue weighted by molar-refractivity contribution is 5.88. The summed E-state index contributed by atoms with van der Waals surface area (Å²) in [5.74, 6) is 0.409. The molecule has 134 valence electrons. The third-order valence-electron chi connectivity index (χ3n) is 6.56. The number of rotatable bonds is 4. The van der Waals surface area contributed by atoms with E-state index in [0.29, 0.717) is 31.6 Å². The van der Waals surface area contributed by atoms with Crippen LogP contribution in [0.15, 0.2) is 24.8 Å². The average Bonchev–Trinajstić information content (AvgIpc) is 2.92. The second-order valence-corrected chi connectivity index (χ2v) is 7.64. The number of hydrogen-bond donors (Lipinski definition) is 2. The summed E-state index contributed by atoms with van der Waals surface area (Å²) in [6, 6.07) is 3.43. The van der Waals surface area contributed by atoms with E-state index >= 15 is 0 Å². The smallest absolute Gasteiger partial charge is 0.174 e. The summed E-state index contributed by atoms with van der Waals surface area (Å²) in [4.78, 5) is 15.0. The van der Waals surface area contributed by atoms with E-state index in [1.807, 2.05) is 26.0 Å². The third kappa shape index (κ3) is 1.88. The van der Waals surface area contributed by atoms with E-state index in [1.54, 1.807) is 6.07 Å². The topological polar surface area (TPSA) is 70.0 Å². The van der Waals surface area contributed by atoms with Crippen molar-refractivity contribution in [3.05, 3.63) is 35.9 Å². The molecular formula is C20H25NO4. The fraction of sp³-hybridized carbons (Fsp3) is 0.550. The van der Waals surface area contributed by atoms with E-state index in [9.17, 15) is 15.0 Å². The van der Waals surface area contributed by atoms with Crippen molar-refractivity contribution in [2.24, 2.45) is 0 Å². The largest absolute Gasteiger partial charge is 0.504 e. The van der Waals surface area contributed by atoms with Crippen molar-refractivity contribution in [2.75, 3.05) is 13.1 Å². The first-order chi connectivity index (χ1) is 11.9. The van der Waals surface area contributed by atoms with E-state index in [-0.39, 0.29) is 17.6 Å². The Morgan fingerprint density at radius 2 is 2.28 bits per heavy atom. The molecule has 2 N–H and O–H groups in total. The van der Waals surface area contributed by atoms with Gasteiger partial charge >= 0.3 is 0 Å². The summed E-state index contributed by atoms with van der Waals surface area (Å²) in [5, 5.41) is 22.0. The van der Waals surface area contributed by atoms with Crippen LogP contribution >= 0.6 is 0 Å². The minimum absolute atomic E-state index is 0.0281. The number of nitrogens with zero attached hydrogens (tertiary/aromatic N) is 1. The Bertz CT molecular complexity index is 756. The Hall–Kier alpha value is -1.85. The number of benzene rings is 1. The van der Waals surface area contributed by atoms with Crippen LogP contribution in [0.3, 0.4) is 0 Å². The number of fused-ring (bicyclic) bond motifs is 1. The Labute approximate surface area is 147 Å². The van der Waals surface area contributed by atoms with E-state index in [2.05, 4.69) is 11.5 Å². The molecule has 0 amide bonds. The lowest BCUT2D eigenvalue weighted by atomic mass is 9.53. The van der Waals surface area contributed by atoms with Gasteiger partial charge in [0, 0.05) is 31.1 Å². The summed E-state index contributed by atoms with van der Waals surface area (Å²) in [7, 11) is 0. The predicted molar refractivity (Wildman–Crippen MR) is 94.0 cm³/mol. The number of piperidine rings is 1. The number of likely N-dealkylation sites (tertiary alicyclic amines) is 1. The Morgan fingerprint density at radius 3 is 2.96 bits per heavy atom. The average molecular weight is 343 g/mol. The van der Waals surface area contributed by atoms with Gasteiger partial charge in [0.1, 0.15) is 0 Å². The first kappa shape index (κ1) is 16.6. The van der Waals surface area contributed by atoms with Gasteiger partial charge in [0.05, 0.1) is 11.0 Å². The zero-order chi connectivity index (χ0) is 18.0. The number of carbonyl (C=O) groups is 1. The molecule has 0 aromatic heterocycles. The number of Topliss-reactive ketones (excluding diaryl/α,β-unsaturated/α-hetero) is 1. The van der Waals surface area contributed by atoms with Gasteiger partial charge in [0.25, 0.3) is 0 Å². The van der Waals surface area contributed by atoms with Crippen molar-refractivity contribution >= 4 is 5.78 Å². The van der Waals surface area contributed by atoms with Gasteiger partial charge in [-0.3, -0.25) is 9.69 Å². The standard InChI is InChI=1S/C20H25NO4/c1-4-9-21-10-8-20-16-12(11-15(21)19(20,3)24)6-7-14(23)17(16)25-18(20)13(22)5-2/h4,6-7,15,18,23-24H,1,5,8-11H2,2-3H3/t15-,18?,19-,20+/m1/s1. The minimum atomic E-state index is -1.13. The second-order valence-electron chi connectivity index (χ2n) is 7.64. The van der Waals surface area contributed by atoms with Crippen LogP contribution in [-0.2, 0) is 16.6 Å². The SMILES string of the molecule is C=CCN1CC[C@]23c4c(ccc(O)c4OC2C(=O)CC)C[C@@H]1[C@@]3(C)O. The van der Waals surface area contributed by atoms with Crippen LogP contribution in [0.4, 0.5) is 0 Å². The summed E-state index contributed by atoms with van der Waals surface area (Å²) >= 11 is 0. The number of aliphatic hydroxyl groups is 1. The Morgan fingerprint density at radius 1 is 1.52 bits per heavy atom. The van der Waals surface area contributed by atoms with Gasteiger partial charge in [-0.2, -0.15) is 0 Å². The molecule has 1 spiro atoms. The molecule has 3 aliphatic rings. The molecule has 1 fully saturated rings. The lowest BCUT2D eigenvalue weighted by Crippen LogP contribution is -2.73. The second kappa shape index (κ2) is 5.32. The molecule has 1 aliphatic carbocycles. The number of carbonyl (C=O) groups excluding carboxylic acids is 1. The number of ketones is 1. The van der Waals surface area contributed by atoms with Crippen molar-refractivity contribution in [2.45, 2.75) is 56.3 Å². The van der Waals surface area contributed by atoms with Gasteiger partial charge < -0.3 is 14.9 Å². The number of phenolic OH excluding ortho intramolecular Hbond substituents is 1. The van der Waals surface area contributed by atoms with Crippen molar-refractivity contribution in [1.29, 1.82) is 0 Å². The van der Waals surface area contributed by atoms with E-state index < -0.39 is 17.1 Å². The van der Waals surface area contributed by atoms with Gasteiger partial charge in [-0.1, -0.05) is 19.1 Å². The van der Waals surface area contributed by atoms with E-state index in [1.165, 1.54) is 0 Å². The third-order valence-corrected chi connectivity index (χ3v) is 6.56. The zero-order valence-electron chi connectivity index (χ0n) is 14.8. The lowest BCUT2D eigenvalue weighted by molar-refractivity contribution is -0.162. The summed E-state index contributed by atoms with van der Waals surface area (Å²) < 4.78 is 6.02. The van der Waals surface area contributed by atoms with Crippen molar-refractivity contribution in [1.82, 2.24) is 4.90 Å². The molecular weight excluding hydrogens is 318 g/mol. The number of phenols is 1. The molecule has 2 aliphatic heterocycles. The molecule has 25 heavy (non-hydrogen) atoms. The number of ether oxygens (including phenoxy) is 1. The van der Waals surface area contributed by atoms with E-state index in [4.69, 9.17) is 4.74 Å². The summed E-state index contributed by atoms with van der Waals surface area (Å²) in [6.45, 7) is 8.94. The maximum Gasteiger partial charge on any atom is 0.174 e. The van der Waals surface area contributed by atoms with Crippen LogP contribution in [0.25, 0.3) is 0 Å². The Kier molecular flexibility index (Phi) is 3.54. The first-order valence-corrected chi connectivity index (χ1v) is 9.00. The highest BCUT2D eigenvalue weighted by atomic mass is 16.5. The highest BCUT2D eigenvalue weighted by Gasteiger charge is 2.69.